The minimum atomic E-state index is -0.172. The summed E-state index contributed by atoms with van der Waals surface area (Å²) in [5.41, 5.74) is 0.692. The maximum absolute atomic E-state index is 13.4. The maximum atomic E-state index is 13.4. The van der Waals surface area contributed by atoms with Gasteiger partial charge in [0, 0.05) is 11.1 Å². The van der Waals surface area contributed by atoms with Gasteiger partial charge in [-0.05, 0) is 50.1 Å². The van der Waals surface area contributed by atoms with Crippen molar-refractivity contribution in [1.82, 2.24) is 5.32 Å². The van der Waals surface area contributed by atoms with Crippen LogP contribution in [0, 0.1) is 11.7 Å². The van der Waals surface area contributed by atoms with Gasteiger partial charge in [0.25, 0.3) is 0 Å². The van der Waals surface area contributed by atoms with Gasteiger partial charge < -0.3 is 5.32 Å². The number of nitrogens with one attached hydrogen (secondary N) is 1. The third-order valence-electron chi connectivity index (χ3n) is 2.86. The fraction of sp³-hybridized carbons (Fsp3) is 0.500. The highest BCUT2D eigenvalue weighted by Crippen LogP contribution is 2.19. The monoisotopic (exact) mass is 229 g/mol. The van der Waals surface area contributed by atoms with E-state index < -0.39 is 0 Å². The standard InChI is InChI=1S/C12H17ClFN/c1-8(9(2)15-3)6-10-7-11(13)4-5-12(10)14/h4-5,7-9,15H,6H2,1-3H3. The van der Waals surface area contributed by atoms with E-state index in [4.69, 9.17) is 11.6 Å². The van der Waals surface area contributed by atoms with Gasteiger partial charge in [-0.2, -0.15) is 0 Å². The molecule has 0 aliphatic rings. The Balaban J connectivity index is 2.75. The summed E-state index contributed by atoms with van der Waals surface area (Å²) in [5, 5.41) is 3.76. The average molecular weight is 230 g/mol. The third-order valence-corrected chi connectivity index (χ3v) is 3.09. The van der Waals surface area contributed by atoms with E-state index in [-0.39, 0.29) is 5.82 Å². The van der Waals surface area contributed by atoms with Gasteiger partial charge in [-0.3, -0.25) is 0 Å². The highest BCUT2D eigenvalue weighted by molar-refractivity contribution is 6.30. The van der Waals surface area contributed by atoms with Crippen LogP contribution in [0.4, 0.5) is 4.39 Å². The first kappa shape index (κ1) is 12.5. The van der Waals surface area contributed by atoms with Gasteiger partial charge in [-0.15, -0.1) is 0 Å². The molecule has 84 valence electrons. The molecule has 0 saturated carbocycles. The van der Waals surface area contributed by atoms with Gasteiger partial charge in [0.2, 0.25) is 0 Å². The summed E-state index contributed by atoms with van der Waals surface area (Å²) >= 11 is 5.83. The molecule has 2 atom stereocenters. The molecule has 3 heteroatoms. The molecule has 0 bridgehead atoms. The summed E-state index contributed by atoms with van der Waals surface area (Å²) in [6.45, 7) is 4.19. The van der Waals surface area contributed by atoms with E-state index in [0.29, 0.717) is 29.0 Å². The van der Waals surface area contributed by atoms with E-state index in [0.717, 1.165) is 0 Å². The van der Waals surface area contributed by atoms with Crippen LogP contribution in [0.1, 0.15) is 19.4 Å². The van der Waals surface area contributed by atoms with Crippen molar-refractivity contribution in [3.63, 3.8) is 0 Å². The zero-order valence-electron chi connectivity index (χ0n) is 9.35. The van der Waals surface area contributed by atoms with Crippen LogP contribution >= 0.6 is 11.6 Å². The van der Waals surface area contributed by atoms with Crippen molar-refractivity contribution in [2.45, 2.75) is 26.3 Å². The molecule has 1 aromatic carbocycles. The van der Waals surface area contributed by atoms with Gasteiger partial charge in [0.1, 0.15) is 5.82 Å². The Morgan fingerprint density at radius 3 is 2.67 bits per heavy atom. The van der Waals surface area contributed by atoms with Crippen LogP contribution in [0.2, 0.25) is 5.02 Å². The van der Waals surface area contributed by atoms with Crippen molar-refractivity contribution >= 4 is 11.6 Å². The Kier molecular flexibility index (Phi) is 4.55. The van der Waals surface area contributed by atoms with Crippen LogP contribution in [0.5, 0.6) is 0 Å². The Labute approximate surface area is 95.6 Å². The van der Waals surface area contributed by atoms with E-state index in [1.54, 1.807) is 12.1 Å². The lowest BCUT2D eigenvalue weighted by molar-refractivity contribution is 0.417. The minimum Gasteiger partial charge on any atom is -0.317 e. The molecule has 0 aromatic heterocycles. The third kappa shape index (κ3) is 3.47. The Bertz CT molecular complexity index is 327. The van der Waals surface area contributed by atoms with Crippen LogP contribution in [0.25, 0.3) is 0 Å². The minimum absolute atomic E-state index is 0.172. The molecule has 0 heterocycles. The van der Waals surface area contributed by atoms with Gasteiger partial charge in [0.15, 0.2) is 0 Å². The van der Waals surface area contributed by atoms with Crippen molar-refractivity contribution in [1.29, 1.82) is 0 Å². The molecular formula is C12H17ClFN. The Morgan fingerprint density at radius 1 is 1.40 bits per heavy atom. The second-order valence-electron chi connectivity index (χ2n) is 3.99. The van der Waals surface area contributed by atoms with E-state index in [2.05, 4.69) is 19.2 Å². The van der Waals surface area contributed by atoms with Crippen molar-refractivity contribution < 1.29 is 4.39 Å². The summed E-state index contributed by atoms with van der Waals surface area (Å²) in [4.78, 5) is 0. The van der Waals surface area contributed by atoms with E-state index in [1.807, 2.05) is 7.05 Å². The second-order valence-corrected chi connectivity index (χ2v) is 4.43. The highest BCUT2D eigenvalue weighted by atomic mass is 35.5. The summed E-state index contributed by atoms with van der Waals surface area (Å²) in [7, 11) is 1.91. The zero-order chi connectivity index (χ0) is 11.4. The first-order valence-corrected chi connectivity index (χ1v) is 5.53. The second kappa shape index (κ2) is 5.47. The Hall–Kier alpha value is -0.600. The van der Waals surface area contributed by atoms with Crippen molar-refractivity contribution in [2.24, 2.45) is 5.92 Å². The van der Waals surface area contributed by atoms with Crippen molar-refractivity contribution in [3.8, 4) is 0 Å². The van der Waals surface area contributed by atoms with E-state index >= 15 is 0 Å². The molecule has 0 amide bonds. The first-order valence-electron chi connectivity index (χ1n) is 5.15. The Morgan fingerprint density at radius 2 is 2.07 bits per heavy atom. The quantitative estimate of drug-likeness (QED) is 0.836. The van der Waals surface area contributed by atoms with Gasteiger partial charge in [-0.25, -0.2) is 4.39 Å². The molecule has 1 aromatic rings. The molecule has 0 aliphatic carbocycles. The normalized spacial score (nSPS) is 15.0. The molecule has 1 N–H and O–H groups in total. The fourth-order valence-corrected chi connectivity index (χ4v) is 1.70. The van der Waals surface area contributed by atoms with Crippen LogP contribution in [-0.2, 0) is 6.42 Å². The van der Waals surface area contributed by atoms with Crippen LogP contribution < -0.4 is 5.32 Å². The van der Waals surface area contributed by atoms with Gasteiger partial charge in [0.05, 0.1) is 0 Å². The molecule has 0 fully saturated rings. The number of hydrogen-bond acceptors (Lipinski definition) is 1. The number of halogens is 2. The first-order chi connectivity index (χ1) is 7.04. The molecule has 2 unspecified atom stereocenters. The largest absolute Gasteiger partial charge is 0.317 e. The average Bonchev–Trinajstić information content (AvgIpc) is 2.22. The van der Waals surface area contributed by atoms with Gasteiger partial charge in [-0.1, -0.05) is 18.5 Å². The van der Waals surface area contributed by atoms with Gasteiger partial charge >= 0.3 is 0 Å². The van der Waals surface area contributed by atoms with Crippen LogP contribution in [0.15, 0.2) is 18.2 Å². The predicted octanol–water partition coefficient (Wildman–Crippen LogP) is 3.27. The van der Waals surface area contributed by atoms with E-state index in [9.17, 15) is 4.39 Å². The zero-order valence-corrected chi connectivity index (χ0v) is 10.1. The lowest BCUT2D eigenvalue weighted by Gasteiger charge is -2.19. The van der Waals surface area contributed by atoms with Crippen LogP contribution in [0.3, 0.4) is 0 Å². The number of benzene rings is 1. The smallest absolute Gasteiger partial charge is 0.126 e. The lowest BCUT2D eigenvalue weighted by Crippen LogP contribution is -2.30. The summed E-state index contributed by atoms with van der Waals surface area (Å²) in [6.07, 6.45) is 0.703. The predicted molar refractivity (Wildman–Crippen MR) is 62.8 cm³/mol. The highest BCUT2D eigenvalue weighted by Gasteiger charge is 2.13. The molecular weight excluding hydrogens is 213 g/mol. The molecule has 0 radical (unpaired) electrons. The summed E-state index contributed by atoms with van der Waals surface area (Å²) in [6, 6.07) is 5.07. The molecule has 1 rings (SSSR count). The lowest BCUT2D eigenvalue weighted by atomic mass is 9.95. The van der Waals surface area contributed by atoms with Crippen molar-refractivity contribution in [3.05, 3.63) is 34.6 Å². The number of hydrogen-bond donors (Lipinski definition) is 1. The van der Waals surface area contributed by atoms with Crippen molar-refractivity contribution in [2.75, 3.05) is 7.05 Å². The molecule has 1 nitrogen and oxygen atoms in total. The SMILES string of the molecule is CNC(C)C(C)Cc1cc(Cl)ccc1F. The fourth-order valence-electron chi connectivity index (χ4n) is 1.51. The number of rotatable bonds is 4. The molecule has 15 heavy (non-hydrogen) atoms. The van der Waals surface area contributed by atoms with E-state index in [1.165, 1.54) is 6.07 Å². The molecule has 0 aliphatic heterocycles. The maximum Gasteiger partial charge on any atom is 0.126 e. The summed E-state index contributed by atoms with van der Waals surface area (Å²) < 4.78 is 13.4. The summed E-state index contributed by atoms with van der Waals surface area (Å²) in [5.74, 6) is 0.206. The topological polar surface area (TPSA) is 12.0 Å². The molecule has 0 spiro atoms. The molecule has 0 saturated heterocycles. The van der Waals surface area contributed by atoms with Crippen LogP contribution in [-0.4, -0.2) is 13.1 Å².